The van der Waals surface area contributed by atoms with Crippen molar-refractivity contribution < 1.29 is 9.52 Å². The summed E-state index contributed by atoms with van der Waals surface area (Å²) in [7, 11) is 0. The van der Waals surface area contributed by atoms with Crippen molar-refractivity contribution in [3.63, 3.8) is 0 Å². The number of fused-ring (bicyclic) bond motifs is 3. The summed E-state index contributed by atoms with van der Waals surface area (Å²) in [6.07, 6.45) is 6.00. The van der Waals surface area contributed by atoms with Gasteiger partial charge in [0.15, 0.2) is 0 Å². The molecule has 124 valence electrons. The van der Waals surface area contributed by atoms with E-state index in [0.717, 1.165) is 60.6 Å². The van der Waals surface area contributed by atoms with E-state index >= 15 is 0 Å². The quantitative estimate of drug-likeness (QED) is 0.815. The molecule has 23 heavy (non-hydrogen) atoms. The van der Waals surface area contributed by atoms with Gasteiger partial charge in [-0.2, -0.15) is 0 Å². The lowest BCUT2D eigenvalue weighted by Gasteiger charge is -2.22. The van der Waals surface area contributed by atoms with Crippen LogP contribution in [0.5, 0.6) is 5.75 Å². The van der Waals surface area contributed by atoms with Gasteiger partial charge in [-0.3, -0.25) is 0 Å². The Bertz CT molecular complexity index is 773. The van der Waals surface area contributed by atoms with Crippen LogP contribution < -0.4 is 5.63 Å². The van der Waals surface area contributed by atoms with Crippen molar-refractivity contribution in [3.05, 3.63) is 39.2 Å². The van der Waals surface area contributed by atoms with Gasteiger partial charge in [-0.05, 0) is 60.8 Å². The zero-order chi connectivity index (χ0) is 16.6. The molecule has 0 amide bonds. The van der Waals surface area contributed by atoms with Gasteiger partial charge in [0.2, 0.25) is 0 Å². The highest BCUT2D eigenvalue weighted by Gasteiger charge is 2.24. The molecular formula is C20H26O3. The SMILES string of the molecule is CCCCC(C)c1cc(O)c2c3c(c(=O)oc2c1)CCC(C)C3. The van der Waals surface area contributed by atoms with Crippen molar-refractivity contribution in [1.82, 2.24) is 0 Å². The number of phenolic OH excluding ortho intramolecular Hbond substituents is 1. The molecule has 1 heterocycles. The topological polar surface area (TPSA) is 50.4 Å². The summed E-state index contributed by atoms with van der Waals surface area (Å²) in [5.74, 6) is 1.15. The lowest BCUT2D eigenvalue weighted by atomic mass is 9.83. The molecule has 1 aliphatic carbocycles. The van der Waals surface area contributed by atoms with Crippen LogP contribution in [0.2, 0.25) is 0 Å². The fraction of sp³-hybridized carbons (Fsp3) is 0.550. The van der Waals surface area contributed by atoms with Gasteiger partial charge in [0.25, 0.3) is 0 Å². The summed E-state index contributed by atoms with van der Waals surface area (Å²) in [5.41, 5.74) is 3.13. The van der Waals surface area contributed by atoms with Gasteiger partial charge in [-0.15, -0.1) is 0 Å². The van der Waals surface area contributed by atoms with E-state index in [0.29, 0.717) is 17.4 Å². The van der Waals surface area contributed by atoms with Gasteiger partial charge in [-0.25, -0.2) is 4.79 Å². The Labute approximate surface area is 137 Å². The minimum absolute atomic E-state index is 0.225. The molecular weight excluding hydrogens is 288 g/mol. The van der Waals surface area contributed by atoms with Gasteiger partial charge >= 0.3 is 5.63 Å². The molecule has 2 aromatic rings. The average Bonchev–Trinajstić information content (AvgIpc) is 2.51. The molecule has 3 nitrogen and oxygen atoms in total. The molecule has 2 atom stereocenters. The van der Waals surface area contributed by atoms with Gasteiger partial charge < -0.3 is 9.52 Å². The Balaban J connectivity index is 2.13. The van der Waals surface area contributed by atoms with E-state index in [4.69, 9.17) is 4.42 Å². The van der Waals surface area contributed by atoms with E-state index in [1.807, 2.05) is 12.1 Å². The minimum atomic E-state index is -0.225. The highest BCUT2D eigenvalue weighted by molar-refractivity contribution is 5.88. The van der Waals surface area contributed by atoms with Crippen LogP contribution >= 0.6 is 0 Å². The van der Waals surface area contributed by atoms with Crippen LogP contribution in [0.1, 0.15) is 69.1 Å². The van der Waals surface area contributed by atoms with Gasteiger partial charge in [0, 0.05) is 5.56 Å². The van der Waals surface area contributed by atoms with E-state index in [9.17, 15) is 9.90 Å². The van der Waals surface area contributed by atoms with E-state index in [1.165, 1.54) is 0 Å². The maximum atomic E-state index is 12.3. The molecule has 1 aliphatic rings. The molecule has 0 spiro atoms. The first kappa shape index (κ1) is 16.1. The molecule has 0 saturated heterocycles. The van der Waals surface area contributed by atoms with Crippen molar-refractivity contribution in [2.24, 2.45) is 5.92 Å². The monoisotopic (exact) mass is 314 g/mol. The predicted octanol–water partition coefficient (Wildman–Crippen LogP) is 4.92. The Morgan fingerprint density at radius 2 is 2.13 bits per heavy atom. The lowest BCUT2D eigenvalue weighted by molar-refractivity contribution is 0.460. The Morgan fingerprint density at radius 3 is 2.87 bits per heavy atom. The van der Waals surface area contributed by atoms with Gasteiger partial charge in [-0.1, -0.05) is 33.6 Å². The molecule has 0 fully saturated rings. The standard InChI is InChI=1S/C20H26O3/c1-4-5-6-13(3)14-10-17(21)19-16-9-12(2)7-8-15(16)20(22)23-18(19)11-14/h10-13,21H,4-9H2,1-3H3. The second kappa shape index (κ2) is 6.38. The van der Waals surface area contributed by atoms with Crippen molar-refractivity contribution in [2.45, 2.75) is 65.2 Å². The molecule has 0 bridgehead atoms. The lowest BCUT2D eigenvalue weighted by Crippen LogP contribution is -2.20. The van der Waals surface area contributed by atoms with Gasteiger partial charge in [0.1, 0.15) is 11.3 Å². The van der Waals surface area contributed by atoms with Crippen molar-refractivity contribution in [1.29, 1.82) is 0 Å². The number of rotatable bonds is 4. The van der Waals surface area contributed by atoms with Gasteiger partial charge in [0.05, 0.1) is 5.39 Å². The molecule has 1 aromatic carbocycles. The highest BCUT2D eigenvalue weighted by Crippen LogP contribution is 2.37. The molecule has 0 aliphatic heterocycles. The Morgan fingerprint density at radius 1 is 1.35 bits per heavy atom. The third-order valence-electron chi connectivity index (χ3n) is 5.22. The number of aromatic hydroxyl groups is 1. The Kier molecular flexibility index (Phi) is 4.47. The van der Waals surface area contributed by atoms with Crippen LogP contribution in [-0.2, 0) is 12.8 Å². The summed E-state index contributed by atoms with van der Waals surface area (Å²) >= 11 is 0. The zero-order valence-electron chi connectivity index (χ0n) is 14.3. The zero-order valence-corrected chi connectivity index (χ0v) is 14.3. The predicted molar refractivity (Wildman–Crippen MR) is 93.3 cm³/mol. The first-order chi connectivity index (χ1) is 11.0. The third-order valence-corrected chi connectivity index (χ3v) is 5.22. The highest BCUT2D eigenvalue weighted by atomic mass is 16.4. The van der Waals surface area contributed by atoms with Crippen molar-refractivity contribution in [3.8, 4) is 5.75 Å². The maximum Gasteiger partial charge on any atom is 0.339 e. The summed E-state index contributed by atoms with van der Waals surface area (Å²) < 4.78 is 5.56. The molecule has 3 rings (SSSR count). The average molecular weight is 314 g/mol. The van der Waals surface area contributed by atoms with E-state index < -0.39 is 0 Å². The van der Waals surface area contributed by atoms with E-state index in [2.05, 4.69) is 20.8 Å². The normalized spacial score (nSPS) is 18.8. The Hall–Kier alpha value is -1.77. The summed E-state index contributed by atoms with van der Waals surface area (Å²) in [6.45, 7) is 6.54. The number of hydrogen-bond acceptors (Lipinski definition) is 3. The largest absolute Gasteiger partial charge is 0.507 e. The third kappa shape index (κ3) is 3.01. The number of benzene rings is 1. The fourth-order valence-electron chi connectivity index (χ4n) is 3.72. The molecule has 0 saturated carbocycles. The fourth-order valence-corrected chi connectivity index (χ4v) is 3.72. The first-order valence-electron chi connectivity index (χ1n) is 8.82. The van der Waals surface area contributed by atoms with Crippen LogP contribution in [0.25, 0.3) is 11.0 Å². The second-order valence-corrected chi connectivity index (χ2v) is 7.15. The second-order valence-electron chi connectivity index (χ2n) is 7.15. The number of phenols is 1. The van der Waals surface area contributed by atoms with Crippen molar-refractivity contribution >= 4 is 11.0 Å². The minimum Gasteiger partial charge on any atom is -0.507 e. The molecule has 2 unspecified atom stereocenters. The molecule has 1 aromatic heterocycles. The molecule has 1 N–H and O–H groups in total. The van der Waals surface area contributed by atoms with Crippen molar-refractivity contribution in [2.75, 3.05) is 0 Å². The number of hydrogen-bond donors (Lipinski definition) is 1. The van der Waals surface area contributed by atoms with Crippen LogP contribution in [0.4, 0.5) is 0 Å². The van der Waals surface area contributed by atoms with E-state index in [1.54, 1.807) is 0 Å². The van der Waals surface area contributed by atoms with Crippen LogP contribution in [0.15, 0.2) is 21.3 Å². The smallest absolute Gasteiger partial charge is 0.339 e. The first-order valence-corrected chi connectivity index (χ1v) is 8.82. The number of unbranched alkanes of at least 4 members (excludes halogenated alkanes) is 1. The summed E-state index contributed by atoms with van der Waals surface area (Å²) in [5, 5.41) is 11.3. The van der Waals surface area contributed by atoms with Crippen LogP contribution in [0.3, 0.4) is 0 Å². The summed E-state index contributed by atoms with van der Waals surface area (Å²) in [6, 6.07) is 3.82. The molecule has 3 heteroatoms. The summed E-state index contributed by atoms with van der Waals surface area (Å²) in [4.78, 5) is 12.3. The van der Waals surface area contributed by atoms with Crippen LogP contribution in [-0.4, -0.2) is 5.11 Å². The molecule has 0 radical (unpaired) electrons. The van der Waals surface area contributed by atoms with E-state index in [-0.39, 0.29) is 11.4 Å². The van der Waals surface area contributed by atoms with Crippen LogP contribution in [0, 0.1) is 5.92 Å². The maximum absolute atomic E-state index is 12.3.